The van der Waals surface area contributed by atoms with Crippen LogP contribution in [0.25, 0.3) is 0 Å². The quantitative estimate of drug-likeness (QED) is 0.852. The van der Waals surface area contributed by atoms with Gasteiger partial charge in [0, 0.05) is 5.56 Å². The number of hydrogen-bond acceptors (Lipinski definition) is 3. The van der Waals surface area contributed by atoms with E-state index in [1.165, 1.54) is 0 Å². The minimum Gasteiger partial charge on any atom is -0.493 e. The molecular weight excluding hydrogens is 204 g/mol. The van der Waals surface area contributed by atoms with Crippen molar-refractivity contribution in [1.29, 1.82) is 0 Å². The number of methoxy groups -OCH3 is 2. The molecule has 0 atom stereocenters. The zero-order valence-corrected chi connectivity index (χ0v) is 10.3. The van der Waals surface area contributed by atoms with E-state index in [4.69, 9.17) is 9.47 Å². The lowest BCUT2D eigenvalue weighted by Crippen LogP contribution is -2.11. The smallest absolute Gasteiger partial charge is 0.167 e. The van der Waals surface area contributed by atoms with Crippen molar-refractivity contribution in [1.82, 2.24) is 0 Å². The van der Waals surface area contributed by atoms with Crippen molar-refractivity contribution < 1.29 is 14.6 Å². The van der Waals surface area contributed by atoms with Gasteiger partial charge in [0.2, 0.25) is 0 Å². The van der Waals surface area contributed by atoms with Gasteiger partial charge in [-0.05, 0) is 43.9 Å². The number of ether oxygens (including phenoxy) is 2. The van der Waals surface area contributed by atoms with E-state index in [-0.39, 0.29) is 0 Å². The van der Waals surface area contributed by atoms with Crippen LogP contribution in [0.4, 0.5) is 0 Å². The zero-order valence-electron chi connectivity index (χ0n) is 10.3. The minimum atomic E-state index is -0.700. The number of aryl methyl sites for hydroxylation is 1. The number of hydrogen-bond donors (Lipinski definition) is 1. The first-order chi connectivity index (χ1) is 7.53. The summed E-state index contributed by atoms with van der Waals surface area (Å²) in [4.78, 5) is 0. The molecule has 0 bridgehead atoms. The predicted molar refractivity (Wildman–Crippen MR) is 62.2 cm³/mol. The van der Waals surface area contributed by atoms with Gasteiger partial charge in [0.05, 0.1) is 19.8 Å². The minimum absolute atomic E-state index is 0.672. The predicted octanol–water partition coefficient (Wildman–Crippen LogP) is 2.30. The fourth-order valence-corrected chi connectivity index (χ4v) is 2.14. The molecule has 3 nitrogen and oxygen atoms in total. The van der Waals surface area contributed by atoms with Gasteiger partial charge in [0.15, 0.2) is 11.5 Å². The van der Waals surface area contributed by atoms with E-state index in [0.717, 1.165) is 29.5 Å². The fraction of sp³-hybridized carbons (Fsp3) is 0.538. The third-order valence-corrected chi connectivity index (χ3v) is 3.38. The Bertz CT molecular complexity index is 420. The first-order valence-electron chi connectivity index (χ1n) is 5.48. The van der Waals surface area contributed by atoms with Gasteiger partial charge in [0.25, 0.3) is 0 Å². The molecular formula is C13H18O3. The Morgan fingerprint density at radius 2 is 1.81 bits per heavy atom. The topological polar surface area (TPSA) is 38.7 Å². The standard InChI is InChI=1S/C13H18O3/c1-8-7-10(15-3)12(16-4)11(9(8)2)13(14)5-6-13/h7,14H,5-6H2,1-4H3. The average Bonchev–Trinajstić information content (AvgIpc) is 3.00. The molecule has 0 heterocycles. The molecule has 2 rings (SSSR count). The Labute approximate surface area is 96.0 Å². The highest BCUT2D eigenvalue weighted by molar-refractivity contribution is 5.57. The second kappa shape index (κ2) is 3.67. The monoisotopic (exact) mass is 222 g/mol. The third kappa shape index (κ3) is 1.55. The summed E-state index contributed by atoms with van der Waals surface area (Å²) in [6, 6.07) is 1.95. The Hall–Kier alpha value is -1.22. The Morgan fingerprint density at radius 1 is 1.19 bits per heavy atom. The largest absolute Gasteiger partial charge is 0.493 e. The highest BCUT2D eigenvalue weighted by Gasteiger charge is 2.46. The van der Waals surface area contributed by atoms with E-state index in [9.17, 15) is 5.11 Å². The first-order valence-corrected chi connectivity index (χ1v) is 5.48. The highest BCUT2D eigenvalue weighted by atomic mass is 16.5. The lowest BCUT2D eigenvalue weighted by molar-refractivity contribution is 0.145. The van der Waals surface area contributed by atoms with Crippen LogP contribution in [0.1, 0.15) is 29.5 Å². The fourth-order valence-electron chi connectivity index (χ4n) is 2.14. The Balaban J connectivity index is 2.67. The molecule has 88 valence electrons. The second-order valence-electron chi connectivity index (χ2n) is 4.46. The van der Waals surface area contributed by atoms with Crippen molar-refractivity contribution in [2.45, 2.75) is 32.3 Å². The molecule has 3 heteroatoms. The highest BCUT2D eigenvalue weighted by Crippen LogP contribution is 2.53. The summed E-state index contributed by atoms with van der Waals surface area (Å²) in [5.41, 5.74) is 2.41. The summed E-state index contributed by atoms with van der Waals surface area (Å²) < 4.78 is 10.7. The lowest BCUT2D eigenvalue weighted by Gasteiger charge is -2.20. The third-order valence-electron chi connectivity index (χ3n) is 3.38. The van der Waals surface area contributed by atoms with Crippen molar-refractivity contribution in [3.8, 4) is 11.5 Å². The molecule has 1 aliphatic rings. The van der Waals surface area contributed by atoms with Gasteiger partial charge in [-0.2, -0.15) is 0 Å². The van der Waals surface area contributed by atoms with Gasteiger partial charge in [-0.15, -0.1) is 0 Å². The van der Waals surface area contributed by atoms with Crippen LogP contribution in [0.15, 0.2) is 6.07 Å². The van der Waals surface area contributed by atoms with Crippen LogP contribution in [0.5, 0.6) is 11.5 Å². The summed E-state index contributed by atoms with van der Waals surface area (Å²) >= 11 is 0. The lowest BCUT2D eigenvalue weighted by atomic mass is 9.95. The van der Waals surface area contributed by atoms with Crippen LogP contribution in [-0.4, -0.2) is 19.3 Å². The van der Waals surface area contributed by atoms with E-state index < -0.39 is 5.60 Å². The van der Waals surface area contributed by atoms with Crippen molar-refractivity contribution in [2.75, 3.05) is 14.2 Å². The number of aliphatic hydroxyl groups is 1. The second-order valence-corrected chi connectivity index (χ2v) is 4.46. The van der Waals surface area contributed by atoms with Gasteiger partial charge in [-0.25, -0.2) is 0 Å². The van der Waals surface area contributed by atoms with E-state index >= 15 is 0 Å². The van der Waals surface area contributed by atoms with Crippen LogP contribution in [0.3, 0.4) is 0 Å². The van der Waals surface area contributed by atoms with Gasteiger partial charge < -0.3 is 14.6 Å². The van der Waals surface area contributed by atoms with E-state index in [1.54, 1.807) is 14.2 Å². The van der Waals surface area contributed by atoms with E-state index in [1.807, 2.05) is 19.9 Å². The SMILES string of the molecule is COc1cc(C)c(C)c(C2(O)CC2)c1OC. The van der Waals surface area contributed by atoms with Crippen LogP contribution >= 0.6 is 0 Å². The normalized spacial score (nSPS) is 17.1. The van der Waals surface area contributed by atoms with E-state index in [0.29, 0.717) is 11.5 Å². The first kappa shape index (κ1) is 11.3. The van der Waals surface area contributed by atoms with Gasteiger partial charge >= 0.3 is 0 Å². The Morgan fingerprint density at radius 3 is 2.25 bits per heavy atom. The van der Waals surface area contributed by atoms with Crippen molar-refractivity contribution in [3.05, 3.63) is 22.8 Å². The molecule has 0 radical (unpaired) electrons. The summed E-state index contributed by atoms with van der Waals surface area (Å²) in [5, 5.41) is 10.3. The summed E-state index contributed by atoms with van der Waals surface area (Å²) in [6.45, 7) is 4.04. The average molecular weight is 222 g/mol. The summed E-state index contributed by atoms with van der Waals surface area (Å²) in [5.74, 6) is 1.37. The molecule has 0 aromatic heterocycles. The van der Waals surface area contributed by atoms with Crippen molar-refractivity contribution in [3.63, 3.8) is 0 Å². The van der Waals surface area contributed by atoms with Crippen molar-refractivity contribution in [2.24, 2.45) is 0 Å². The van der Waals surface area contributed by atoms with Crippen molar-refractivity contribution >= 4 is 0 Å². The molecule has 0 spiro atoms. The molecule has 0 unspecified atom stereocenters. The molecule has 0 aliphatic heterocycles. The van der Waals surface area contributed by atoms with Crippen LogP contribution in [-0.2, 0) is 5.60 Å². The molecule has 1 fully saturated rings. The zero-order chi connectivity index (χ0) is 11.9. The molecule has 1 saturated carbocycles. The van der Waals surface area contributed by atoms with Gasteiger partial charge in [-0.3, -0.25) is 0 Å². The van der Waals surface area contributed by atoms with E-state index in [2.05, 4.69) is 0 Å². The number of benzene rings is 1. The molecule has 16 heavy (non-hydrogen) atoms. The Kier molecular flexibility index (Phi) is 2.58. The molecule has 1 aromatic rings. The maximum absolute atomic E-state index is 10.3. The molecule has 0 saturated heterocycles. The molecule has 1 N–H and O–H groups in total. The van der Waals surface area contributed by atoms with Gasteiger partial charge in [-0.1, -0.05) is 0 Å². The maximum Gasteiger partial charge on any atom is 0.167 e. The van der Waals surface area contributed by atoms with Gasteiger partial charge in [0.1, 0.15) is 0 Å². The van der Waals surface area contributed by atoms with Crippen LogP contribution in [0.2, 0.25) is 0 Å². The maximum atomic E-state index is 10.3. The molecule has 1 aromatic carbocycles. The number of rotatable bonds is 3. The van der Waals surface area contributed by atoms with Crippen LogP contribution in [0, 0.1) is 13.8 Å². The summed E-state index contributed by atoms with van der Waals surface area (Å²) in [6.07, 6.45) is 1.60. The van der Waals surface area contributed by atoms with Crippen LogP contribution < -0.4 is 9.47 Å². The molecule has 1 aliphatic carbocycles. The summed E-state index contributed by atoms with van der Waals surface area (Å²) in [7, 11) is 3.23. The molecule has 0 amide bonds.